The van der Waals surface area contributed by atoms with Crippen LogP contribution in [0.5, 0.6) is 0 Å². The van der Waals surface area contributed by atoms with E-state index < -0.39 is 5.69 Å². The Bertz CT molecular complexity index is 1100. The maximum absolute atomic E-state index is 12.9. The van der Waals surface area contributed by atoms with Crippen molar-refractivity contribution in [1.29, 1.82) is 0 Å². The lowest BCUT2D eigenvalue weighted by atomic mass is 10.2. The van der Waals surface area contributed by atoms with Gasteiger partial charge in [-0.2, -0.15) is 0 Å². The first-order chi connectivity index (χ1) is 13.0. The first-order valence-electron chi connectivity index (χ1n) is 9.10. The van der Waals surface area contributed by atoms with Crippen LogP contribution in [0.4, 0.5) is 5.69 Å². The van der Waals surface area contributed by atoms with Crippen LogP contribution in [0.25, 0.3) is 10.9 Å². The highest BCUT2D eigenvalue weighted by molar-refractivity contribution is 5.91. The minimum Gasteiger partial charge on any atom is -0.325 e. The molecule has 3 rings (SSSR count). The molecule has 0 atom stereocenters. The summed E-state index contributed by atoms with van der Waals surface area (Å²) in [5, 5.41) is 3.26. The van der Waals surface area contributed by atoms with E-state index in [1.807, 2.05) is 32.0 Å². The van der Waals surface area contributed by atoms with Crippen molar-refractivity contribution < 1.29 is 4.79 Å². The number of rotatable bonds is 6. The van der Waals surface area contributed by atoms with E-state index in [1.54, 1.807) is 30.3 Å². The largest absolute Gasteiger partial charge is 0.331 e. The van der Waals surface area contributed by atoms with Crippen LogP contribution < -0.4 is 16.6 Å². The summed E-state index contributed by atoms with van der Waals surface area (Å²) in [6, 6.07) is 14.4. The van der Waals surface area contributed by atoms with Crippen LogP contribution in [-0.4, -0.2) is 15.0 Å². The molecule has 140 valence electrons. The Morgan fingerprint density at radius 1 is 1.04 bits per heavy atom. The quantitative estimate of drug-likeness (QED) is 0.730. The van der Waals surface area contributed by atoms with Gasteiger partial charge in [0, 0.05) is 12.2 Å². The zero-order valence-electron chi connectivity index (χ0n) is 15.6. The minimum atomic E-state index is -0.452. The molecule has 6 heteroatoms. The third-order valence-electron chi connectivity index (χ3n) is 4.47. The summed E-state index contributed by atoms with van der Waals surface area (Å²) in [6.07, 6.45) is 1.59. The zero-order chi connectivity index (χ0) is 19.4. The minimum absolute atomic E-state index is 0.153. The second-order valence-corrected chi connectivity index (χ2v) is 6.61. The number of fused-ring (bicyclic) bond motifs is 1. The molecular formula is C21H23N3O3. The van der Waals surface area contributed by atoms with Gasteiger partial charge >= 0.3 is 5.69 Å². The van der Waals surface area contributed by atoms with Crippen LogP contribution >= 0.6 is 0 Å². The van der Waals surface area contributed by atoms with E-state index in [1.165, 1.54) is 9.13 Å². The summed E-state index contributed by atoms with van der Waals surface area (Å²) in [7, 11) is 0. The third kappa shape index (κ3) is 4.00. The fourth-order valence-electron chi connectivity index (χ4n) is 3.10. The van der Waals surface area contributed by atoms with Crippen LogP contribution in [0.3, 0.4) is 0 Å². The number of para-hydroxylation sites is 1. The molecule has 0 spiro atoms. The topological polar surface area (TPSA) is 73.1 Å². The van der Waals surface area contributed by atoms with Crippen molar-refractivity contribution in [3.8, 4) is 0 Å². The van der Waals surface area contributed by atoms with Crippen LogP contribution in [-0.2, 0) is 17.9 Å². The third-order valence-corrected chi connectivity index (χ3v) is 4.47. The Labute approximate surface area is 157 Å². The van der Waals surface area contributed by atoms with E-state index in [0.29, 0.717) is 23.1 Å². The Hall–Kier alpha value is -3.15. The molecule has 0 bridgehead atoms. The van der Waals surface area contributed by atoms with Crippen molar-refractivity contribution in [1.82, 2.24) is 9.13 Å². The number of carbonyl (C=O) groups excluding carboxylic acids is 1. The highest BCUT2D eigenvalue weighted by atomic mass is 16.2. The van der Waals surface area contributed by atoms with Crippen LogP contribution in [0, 0.1) is 6.92 Å². The normalized spacial score (nSPS) is 10.9. The molecule has 0 saturated carbocycles. The summed E-state index contributed by atoms with van der Waals surface area (Å²) >= 11 is 0. The fourth-order valence-corrected chi connectivity index (χ4v) is 3.10. The second kappa shape index (κ2) is 8.03. The molecule has 1 N–H and O–H groups in total. The molecule has 0 aliphatic heterocycles. The van der Waals surface area contributed by atoms with Gasteiger partial charge in [0.15, 0.2) is 0 Å². The van der Waals surface area contributed by atoms with E-state index in [9.17, 15) is 14.4 Å². The average Bonchev–Trinajstić information content (AvgIpc) is 2.65. The van der Waals surface area contributed by atoms with E-state index in [0.717, 1.165) is 18.4 Å². The summed E-state index contributed by atoms with van der Waals surface area (Å²) in [6.45, 7) is 4.13. The van der Waals surface area contributed by atoms with E-state index in [-0.39, 0.29) is 18.0 Å². The molecule has 1 amide bonds. The van der Waals surface area contributed by atoms with Gasteiger partial charge in [0.1, 0.15) is 6.54 Å². The van der Waals surface area contributed by atoms with Gasteiger partial charge in [-0.05, 0) is 43.2 Å². The van der Waals surface area contributed by atoms with Gasteiger partial charge < -0.3 is 5.32 Å². The lowest BCUT2D eigenvalue weighted by Crippen LogP contribution is -2.41. The standard InChI is InChI=1S/C21H23N3O3/c1-3-4-12-23-20(26)17-10-5-6-11-18(17)24(21(23)27)14-19(25)22-16-9-7-8-15(2)13-16/h5-11,13H,3-4,12,14H2,1-2H3,(H,22,25). The molecule has 1 heterocycles. The molecule has 0 fully saturated rings. The number of carbonyl (C=O) groups is 1. The van der Waals surface area contributed by atoms with Gasteiger partial charge in [0.25, 0.3) is 5.56 Å². The van der Waals surface area contributed by atoms with Crippen LogP contribution in [0.1, 0.15) is 25.3 Å². The van der Waals surface area contributed by atoms with Crippen molar-refractivity contribution in [2.24, 2.45) is 0 Å². The second-order valence-electron chi connectivity index (χ2n) is 6.61. The van der Waals surface area contributed by atoms with Crippen molar-refractivity contribution in [2.75, 3.05) is 5.32 Å². The lowest BCUT2D eigenvalue weighted by molar-refractivity contribution is -0.116. The van der Waals surface area contributed by atoms with Crippen molar-refractivity contribution in [2.45, 2.75) is 39.8 Å². The predicted octanol–water partition coefficient (Wildman–Crippen LogP) is 2.91. The molecule has 0 saturated heterocycles. The first-order valence-corrected chi connectivity index (χ1v) is 9.10. The Balaban J connectivity index is 2.01. The Morgan fingerprint density at radius 3 is 2.56 bits per heavy atom. The number of anilines is 1. The van der Waals surface area contributed by atoms with Gasteiger partial charge in [-0.1, -0.05) is 37.6 Å². The molecule has 3 aromatic rings. The number of aryl methyl sites for hydroxylation is 1. The maximum atomic E-state index is 12.9. The van der Waals surface area contributed by atoms with Gasteiger partial charge in [-0.3, -0.25) is 18.7 Å². The number of nitrogens with zero attached hydrogens (tertiary/aromatic N) is 2. The first kappa shape index (κ1) is 18.6. The Morgan fingerprint density at radius 2 is 1.81 bits per heavy atom. The number of benzene rings is 2. The molecule has 0 aliphatic carbocycles. The van der Waals surface area contributed by atoms with E-state index in [2.05, 4.69) is 5.32 Å². The molecule has 6 nitrogen and oxygen atoms in total. The molecule has 0 aliphatic rings. The van der Waals surface area contributed by atoms with Crippen molar-refractivity contribution in [3.05, 3.63) is 74.9 Å². The maximum Gasteiger partial charge on any atom is 0.331 e. The summed E-state index contributed by atoms with van der Waals surface area (Å²) in [5.41, 5.74) is 1.42. The van der Waals surface area contributed by atoms with Crippen molar-refractivity contribution >= 4 is 22.5 Å². The highest BCUT2D eigenvalue weighted by Crippen LogP contribution is 2.11. The molecule has 1 aromatic heterocycles. The predicted molar refractivity (Wildman–Crippen MR) is 107 cm³/mol. The summed E-state index contributed by atoms with van der Waals surface area (Å²) in [4.78, 5) is 38.1. The lowest BCUT2D eigenvalue weighted by Gasteiger charge is -2.14. The SMILES string of the molecule is CCCCn1c(=O)c2ccccc2n(CC(=O)Nc2cccc(C)c2)c1=O. The van der Waals surface area contributed by atoms with Gasteiger partial charge in [0.05, 0.1) is 10.9 Å². The smallest absolute Gasteiger partial charge is 0.325 e. The van der Waals surface area contributed by atoms with Crippen LogP contribution in [0.2, 0.25) is 0 Å². The van der Waals surface area contributed by atoms with Crippen LogP contribution in [0.15, 0.2) is 58.1 Å². The number of aromatic nitrogens is 2. The van der Waals surface area contributed by atoms with E-state index in [4.69, 9.17) is 0 Å². The monoisotopic (exact) mass is 365 g/mol. The van der Waals surface area contributed by atoms with Gasteiger partial charge in [-0.15, -0.1) is 0 Å². The number of nitrogens with one attached hydrogen (secondary N) is 1. The number of hydrogen-bond acceptors (Lipinski definition) is 3. The van der Waals surface area contributed by atoms with Gasteiger partial charge in [0.2, 0.25) is 5.91 Å². The molecular weight excluding hydrogens is 342 g/mol. The fraction of sp³-hybridized carbons (Fsp3) is 0.286. The summed E-state index contributed by atoms with van der Waals surface area (Å²) in [5.74, 6) is -0.312. The molecule has 2 aromatic carbocycles. The van der Waals surface area contributed by atoms with Gasteiger partial charge in [-0.25, -0.2) is 4.79 Å². The number of amides is 1. The summed E-state index contributed by atoms with van der Waals surface area (Å²) < 4.78 is 2.60. The number of unbranched alkanes of at least 4 members (excludes halogenated alkanes) is 1. The highest BCUT2D eigenvalue weighted by Gasteiger charge is 2.15. The Kier molecular flexibility index (Phi) is 5.54. The molecule has 27 heavy (non-hydrogen) atoms. The zero-order valence-corrected chi connectivity index (χ0v) is 15.6. The van der Waals surface area contributed by atoms with Crippen molar-refractivity contribution in [3.63, 3.8) is 0 Å². The molecule has 0 unspecified atom stereocenters. The average molecular weight is 365 g/mol. The molecule has 0 radical (unpaired) electrons. The van der Waals surface area contributed by atoms with E-state index >= 15 is 0 Å². The number of hydrogen-bond donors (Lipinski definition) is 1.